The maximum absolute atomic E-state index is 12.2. The highest BCUT2D eigenvalue weighted by atomic mass is 35.5. The van der Waals surface area contributed by atoms with Crippen LogP contribution in [0.25, 0.3) is 0 Å². The van der Waals surface area contributed by atoms with Crippen LogP contribution in [-0.4, -0.2) is 18.0 Å². The van der Waals surface area contributed by atoms with E-state index in [9.17, 15) is 9.59 Å². The minimum Gasteiger partial charge on any atom is -0.448 e. The fraction of sp³-hybridized carbons (Fsp3) is 0.294. The molecule has 1 atom stereocenters. The zero-order valence-corrected chi connectivity index (χ0v) is 14.2. The van der Waals surface area contributed by atoms with Gasteiger partial charge < -0.3 is 10.1 Å². The summed E-state index contributed by atoms with van der Waals surface area (Å²) >= 11 is 7.34. The third kappa shape index (κ3) is 3.74. The predicted octanol–water partition coefficient (Wildman–Crippen LogP) is 4.07. The largest absolute Gasteiger partial charge is 0.448 e. The van der Waals surface area contributed by atoms with Crippen molar-refractivity contribution in [3.05, 3.63) is 50.7 Å². The van der Waals surface area contributed by atoms with Crippen molar-refractivity contribution in [3.63, 3.8) is 0 Å². The summed E-state index contributed by atoms with van der Waals surface area (Å²) in [7, 11) is 0. The number of hydrogen-bond acceptors (Lipinski definition) is 4. The van der Waals surface area contributed by atoms with Crippen molar-refractivity contribution in [1.29, 1.82) is 0 Å². The van der Waals surface area contributed by atoms with Crippen LogP contribution < -0.4 is 5.32 Å². The van der Waals surface area contributed by atoms with Gasteiger partial charge in [-0.15, -0.1) is 11.3 Å². The van der Waals surface area contributed by atoms with Crippen LogP contribution in [0.15, 0.2) is 30.3 Å². The van der Waals surface area contributed by atoms with E-state index in [1.165, 1.54) is 21.8 Å². The Labute approximate surface area is 143 Å². The molecular formula is C17H16ClNO3S. The molecule has 0 spiro atoms. The highest BCUT2D eigenvalue weighted by Gasteiger charge is 2.23. The van der Waals surface area contributed by atoms with Crippen molar-refractivity contribution in [2.24, 2.45) is 0 Å². The van der Waals surface area contributed by atoms with Gasteiger partial charge in [-0.25, -0.2) is 4.79 Å². The van der Waals surface area contributed by atoms with Gasteiger partial charge in [-0.1, -0.05) is 17.7 Å². The Balaban J connectivity index is 1.60. The number of carbonyl (C=O) groups is 2. The molecule has 1 N–H and O–H groups in total. The lowest BCUT2D eigenvalue weighted by molar-refractivity contribution is -0.123. The number of halogens is 1. The number of fused-ring (bicyclic) bond motifs is 1. The molecular weight excluding hydrogens is 334 g/mol. The van der Waals surface area contributed by atoms with Crippen molar-refractivity contribution in [3.8, 4) is 0 Å². The molecule has 1 amide bonds. The van der Waals surface area contributed by atoms with E-state index >= 15 is 0 Å². The molecule has 120 valence electrons. The maximum Gasteiger partial charge on any atom is 0.349 e. The average molecular weight is 350 g/mol. The summed E-state index contributed by atoms with van der Waals surface area (Å²) in [6, 6.07) is 8.70. The Bertz CT molecular complexity index is 735. The second-order valence-electron chi connectivity index (χ2n) is 5.46. The minimum absolute atomic E-state index is 0.385. The number of rotatable bonds is 4. The lowest BCUT2D eigenvalue weighted by Crippen LogP contribution is -2.29. The standard InChI is InChI=1S/C17H16ClNO3S/c1-10(16(20)19-13-6-3-5-12(18)9-13)22-17(21)15-8-11-4-2-7-14(11)23-15/h3,5-6,8-10H,2,4,7H2,1H3,(H,19,20)/t10-/m0/s1. The van der Waals surface area contributed by atoms with Crippen LogP contribution in [0.1, 0.15) is 33.5 Å². The molecule has 1 aromatic heterocycles. The Morgan fingerprint density at radius 2 is 2.13 bits per heavy atom. The van der Waals surface area contributed by atoms with E-state index in [0.717, 1.165) is 19.3 Å². The third-order valence-corrected chi connectivity index (χ3v) is 5.15. The first-order valence-electron chi connectivity index (χ1n) is 7.42. The summed E-state index contributed by atoms with van der Waals surface area (Å²) in [5.41, 5.74) is 1.80. The Hall–Kier alpha value is -1.85. The minimum atomic E-state index is -0.876. The van der Waals surface area contributed by atoms with Crippen molar-refractivity contribution >= 4 is 40.5 Å². The number of carbonyl (C=O) groups excluding carboxylic acids is 2. The Kier molecular flexibility index (Phi) is 4.68. The van der Waals surface area contributed by atoms with E-state index < -0.39 is 12.1 Å². The molecule has 0 unspecified atom stereocenters. The first kappa shape index (κ1) is 16.0. The molecule has 6 heteroatoms. The topological polar surface area (TPSA) is 55.4 Å². The molecule has 0 saturated carbocycles. The zero-order chi connectivity index (χ0) is 16.4. The molecule has 0 saturated heterocycles. The van der Waals surface area contributed by atoms with E-state index in [2.05, 4.69) is 5.32 Å². The number of ether oxygens (including phenoxy) is 1. The molecule has 1 aromatic carbocycles. The third-order valence-electron chi connectivity index (χ3n) is 3.69. The van der Waals surface area contributed by atoms with Gasteiger partial charge in [-0.2, -0.15) is 0 Å². The van der Waals surface area contributed by atoms with Crippen LogP contribution in [0.4, 0.5) is 5.69 Å². The fourth-order valence-electron chi connectivity index (χ4n) is 2.51. The molecule has 3 rings (SSSR count). The van der Waals surface area contributed by atoms with E-state index in [0.29, 0.717) is 15.6 Å². The van der Waals surface area contributed by atoms with Gasteiger partial charge in [-0.05, 0) is 56.0 Å². The van der Waals surface area contributed by atoms with Gasteiger partial charge >= 0.3 is 5.97 Å². The second-order valence-corrected chi connectivity index (χ2v) is 7.03. The number of benzene rings is 1. The zero-order valence-electron chi connectivity index (χ0n) is 12.6. The number of amides is 1. The maximum atomic E-state index is 12.2. The van der Waals surface area contributed by atoms with Gasteiger partial charge in [0.25, 0.3) is 5.91 Å². The highest BCUT2D eigenvalue weighted by molar-refractivity contribution is 7.14. The molecule has 1 heterocycles. The highest BCUT2D eigenvalue weighted by Crippen LogP contribution is 2.31. The lowest BCUT2D eigenvalue weighted by atomic mass is 10.2. The Morgan fingerprint density at radius 3 is 2.87 bits per heavy atom. The van der Waals surface area contributed by atoms with Crippen molar-refractivity contribution < 1.29 is 14.3 Å². The lowest BCUT2D eigenvalue weighted by Gasteiger charge is -2.13. The van der Waals surface area contributed by atoms with Gasteiger partial charge in [0.1, 0.15) is 4.88 Å². The summed E-state index contributed by atoms with van der Waals surface area (Å²) in [5.74, 6) is -0.831. The number of esters is 1. The van der Waals surface area contributed by atoms with Gasteiger partial charge in [0.15, 0.2) is 6.10 Å². The molecule has 0 fully saturated rings. The molecule has 0 bridgehead atoms. The molecule has 4 nitrogen and oxygen atoms in total. The van der Waals surface area contributed by atoms with Crippen LogP contribution in [-0.2, 0) is 22.4 Å². The van der Waals surface area contributed by atoms with Crippen molar-refractivity contribution in [2.45, 2.75) is 32.3 Å². The van der Waals surface area contributed by atoms with Gasteiger partial charge in [0, 0.05) is 15.6 Å². The predicted molar refractivity (Wildman–Crippen MR) is 91.3 cm³/mol. The molecule has 2 aromatic rings. The number of aryl methyl sites for hydroxylation is 2. The van der Waals surface area contributed by atoms with Crippen LogP contribution in [0, 0.1) is 0 Å². The summed E-state index contributed by atoms with van der Waals surface area (Å²) < 4.78 is 5.26. The van der Waals surface area contributed by atoms with Crippen LogP contribution >= 0.6 is 22.9 Å². The summed E-state index contributed by atoms with van der Waals surface area (Å²) in [4.78, 5) is 26.1. The SMILES string of the molecule is C[C@H](OC(=O)c1cc2c(s1)CCC2)C(=O)Nc1cccc(Cl)c1. The quantitative estimate of drug-likeness (QED) is 0.846. The summed E-state index contributed by atoms with van der Waals surface area (Å²) in [6.45, 7) is 1.55. The molecule has 23 heavy (non-hydrogen) atoms. The van der Waals surface area contributed by atoms with E-state index in [-0.39, 0.29) is 5.91 Å². The Morgan fingerprint density at radius 1 is 1.30 bits per heavy atom. The van der Waals surface area contributed by atoms with Gasteiger partial charge in [0.05, 0.1) is 0 Å². The monoisotopic (exact) mass is 349 g/mol. The van der Waals surface area contributed by atoms with Crippen LogP contribution in [0.5, 0.6) is 0 Å². The van der Waals surface area contributed by atoms with Gasteiger partial charge in [-0.3, -0.25) is 4.79 Å². The van der Waals surface area contributed by atoms with Gasteiger partial charge in [0.2, 0.25) is 0 Å². The number of anilines is 1. The van der Waals surface area contributed by atoms with Crippen molar-refractivity contribution in [2.75, 3.05) is 5.32 Å². The molecule has 0 aliphatic heterocycles. The smallest absolute Gasteiger partial charge is 0.349 e. The number of nitrogens with one attached hydrogen (secondary N) is 1. The first-order chi connectivity index (χ1) is 11.0. The van der Waals surface area contributed by atoms with Crippen LogP contribution in [0.2, 0.25) is 5.02 Å². The van der Waals surface area contributed by atoms with E-state index in [1.807, 2.05) is 6.07 Å². The summed E-state index contributed by atoms with van der Waals surface area (Å²) in [5, 5.41) is 3.21. The molecule has 1 aliphatic rings. The number of thiophene rings is 1. The van der Waals surface area contributed by atoms with E-state index in [4.69, 9.17) is 16.3 Å². The number of hydrogen-bond donors (Lipinski definition) is 1. The summed E-state index contributed by atoms with van der Waals surface area (Å²) in [6.07, 6.45) is 2.31. The fourth-order valence-corrected chi connectivity index (χ4v) is 3.84. The van der Waals surface area contributed by atoms with E-state index in [1.54, 1.807) is 31.2 Å². The average Bonchev–Trinajstić information content (AvgIpc) is 3.08. The molecule has 1 aliphatic carbocycles. The normalized spacial score (nSPS) is 14.2. The van der Waals surface area contributed by atoms with Crippen molar-refractivity contribution in [1.82, 2.24) is 0 Å². The van der Waals surface area contributed by atoms with Crippen LogP contribution in [0.3, 0.4) is 0 Å². The second kappa shape index (κ2) is 6.72. The first-order valence-corrected chi connectivity index (χ1v) is 8.61. The molecule has 0 radical (unpaired) electrons.